The fourth-order valence-electron chi connectivity index (χ4n) is 2.93. The van der Waals surface area contributed by atoms with Crippen LogP contribution in [0.4, 0.5) is 0 Å². The first-order valence-corrected chi connectivity index (χ1v) is 9.49. The minimum absolute atomic E-state index is 0.292. The van der Waals surface area contributed by atoms with Gasteiger partial charge in [0.15, 0.2) is 11.8 Å². The van der Waals surface area contributed by atoms with Gasteiger partial charge in [-0.25, -0.2) is 0 Å². The summed E-state index contributed by atoms with van der Waals surface area (Å²) in [4.78, 5) is 12.0. The van der Waals surface area contributed by atoms with Crippen LogP contribution in [-0.2, 0) is 12.8 Å². The van der Waals surface area contributed by atoms with Gasteiger partial charge >= 0.3 is 0 Å². The van der Waals surface area contributed by atoms with E-state index in [1.54, 1.807) is 7.05 Å². The molecule has 0 radical (unpaired) electrons. The third kappa shape index (κ3) is 5.09. The average molecular weight is 368 g/mol. The van der Waals surface area contributed by atoms with Crippen molar-refractivity contribution >= 4 is 16.9 Å². The van der Waals surface area contributed by atoms with E-state index < -0.39 is 0 Å². The fourth-order valence-corrected chi connectivity index (χ4v) is 2.93. The van der Waals surface area contributed by atoms with Gasteiger partial charge in [0.05, 0.1) is 0 Å². The molecule has 0 aliphatic carbocycles. The maximum Gasteiger partial charge on any atom is 0.226 e. The van der Waals surface area contributed by atoms with Crippen LogP contribution >= 0.6 is 0 Å². The summed E-state index contributed by atoms with van der Waals surface area (Å²) >= 11 is 0. The highest BCUT2D eigenvalue weighted by Gasteiger charge is 2.09. The normalized spacial score (nSPS) is 12.1. The zero-order valence-corrected chi connectivity index (χ0v) is 16.2. The zero-order chi connectivity index (χ0) is 19.1. The van der Waals surface area contributed by atoms with Gasteiger partial charge < -0.3 is 20.1 Å². The predicted octanol–water partition coefficient (Wildman–Crippen LogP) is 3.01. The molecule has 0 aliphatic rings. The molecule has 7 nitrogen and oxygen atoms in total. The van der Waals surface area contributed by atoms with Crippen molar-refractivity contribution in [3.8, 4) is 0 Å². The molecule has 27 heavy (non-hydrogen) atoms. The van der Waals surface area contributed by atoms with Crippen LogP contribution in [0, 0.1) is 0 Å². The van der Waals surface area contributed by atoms with Crippen molar-refractivity contribution in [1.29, 1.82) is 0 Å². The predicted molar refractivity (Wildman–Crippen MR) is 108 cm³/mol. The van der Waals surface area contributed by atoms with Crippen molar-refractivity contribution in [2.75, 3.05) is 20.1 Å². The summed E-state index contributed by atoms with van der Waals surface area (Å²) in [5.74, 6) is 2.57. The lowest BCUT2D eigenvalue weighted by Crippen LogP contribution is -2.38. The minimum Gasteiger partial charge on any atom is -0.361 e. The molecule has 2 aromatic heterocycles. The number of aromatic nitrogens is 3. The molecule has 7 heteroatoms. The topological polar surface area (TPSA) is 91.1 Å². The van der Waals surface area contributed by atoms with Gasteiger partial charge in [-0.15, -0.1) is 0 Å². The second-order valence-corrected chi connectivity index (χ2v) is 6.84. The van der Waals surface area contributed by atoms with Crippen LogP contribution < -0.4 is 10.6 Å². The fraction of sp³-hybridized carbons (Fsp3) is 0.450. The van der Waals surface area contributed by atoms with E-state index in [0.29, 0.717) is 11.8 Å². The van der Waals surface area contributed by atoms with Crippen LogP contribution in [-0.4, -0.2) is 41.2 Å². The number of benzene rings is 1. The van der Waals surface area contributed by atoms with E-state index >= 15 is 0 Å². The Bertz CT molecular complexity index is 879. The largest absolute Gasteiger partial charge is 0.361 e. The van der Waals surface area contributed by atoms with Crippen molar-refractivity contribution in [3.63, 3.8) is 0 Å². The number of aromatic amines is 1. The summed E-state index contributed by atoms with van der Waals surface area (Å²) in [6.07, 6.45) is 4.69. The third-order valence-electron chi connectivity index (χ3n) is 4.45. The molecule has 3 aromatic rings. The molecule has 3 N–H and O–H groups in total. The first-order chi connectivity index (χ1) is 13.2. The van der Waals surface area contributed by atoms with Gasteiger partial charge in [0.2, 0.25) is 5.89 Å². The average Bonchev–Trinajstić information content (AvgIpc) is 3.31. The summed E-state index contributed by atoms with van der Waals surface area (Å²) in [6.45, 7) is 5.74. The number of rotatable bonds is 8. The van der Waals surface area contributed by atoms with Gasteiger partial charge in [-0.05, 0) is 24.5 Å². The molecule has 0 amide bonds. The quantitative estimate of drug-likeness (QED) is 0.323. The van der Waals surface area contributed by atoms with Crippen LogP contribution in [0.2, 0.25) is 0 Å². The van der Waals surface area contributed by atoms with E-state index in [9.17, 15) is 0 Å². The van der Waals surface area contributed by atoms with Crippen LogP contribution in [0.1, 0.15) is 43.5 Å². The molecular formula is C20H28N6O. The molecule has 3 rings (SSSR count). The van der Waals surface area contributed by atoms with Gasteiger partial charge in [0.1, 0.15) is 0 Å². The van der Waals surface area contributed by atoms with Crippen molar-refractivity contribution in [2.24, 2.45) is 4.99 Å². The summed E-state index contributed by atoms with van der Waals surface area (Å²) in [7, 11) is 1.79. The highest BCUT2D eigenvalue weighted by atomic mass is 16.5. The number of fused-ring (bicyclic) bond motifs is 1. The number of hydrogen-bond donors (Lipinski definition) is 3. The Morgan fingerprint density at radius 1 is 1.19 bits per heavy atom. The Balaban J connectivity index is 1.38. The monoisotopic (exact) mass is 368 g/mol. The molecule has 2 heterocycles. The Morgan fingerprint density at radius 2 is 2.00 bits per heavy atom. The summed E-state index contributed by atoms with van der Waals surface area (Å²) in [5, 5.41) is 12.0. The number of hydrogen-bond acceptors (Lipinski definition) is 4. The molecule has 144 valence electrons. The van der Waals surface area contributed by atoms with Crippen molar-refractivity contribution in [1.82, 2.24) is 25.8 Å². The summed E-state index contributed by atoms with van der Waals surface area (Å²) in [5.41, 5.74) is 2.49. The molecule has 0 saturated heterocycles. The first-order valence-electron chi connectivity index (χ1n) is 9.49. The Kier molecular flexibility index (Phi) is 6.46. The lowest BCUT2D eigenvalue weighted by atomic mass is 10.1. The van der Waals surface area contributed by atoms with Crippen LogP contribution in [0.5, 0.6) is 0 Å². The van der Waals surface area contributed by atoms with Crippen LogP contribution in [0.25, 0.3) is 10.9 Å². The van der Waals surface area contributed by atoms with Crippen molar-refractivity contribution in [2.45, 2.75) is 39.0 Å². The molecule has 0 atom stereocenters. The van der Waals surface area contributed by atoms with Crippen LogP contribution in [0.3, 0.4) is 0 Å². The standard InChI is InChI=1S/C20H28N6O/c1-14(2)19-25-18(27-26-19)9-6-11-22-20(21-3)23-12-10-15-13-24-17-8-5-4-7-16(15)17/h4-5,7-8,13-14,24H,6,9-12H2,1-3H3,(H2,21,22,23). The van der Waals surface area contributed by atoms with E-state index in [1.807, 2.05) is 6.07 Å². The molecule has 0 saturated carbocycles. The van der Waals surface area contributed by atoms with Crippen molar-refractivity contribution in [3.05, 3.63) is 47.7 Å². The number of para-hydroxylation sites is 1. The van der Waals surface area contributed by atoms with E-state index in [-0.39, 0.29) is 0 Å². The second kappa shape index (κ2) is 9.21. The second-order valence-electron chi connectivity index (χ2n) is 6.84. The molecular weight excluding hydrogens is 340 g/mol. The van der Waals surface area contributed by atoms with E-state index in [4.69, 9.17) is 4.52 Å². The van der Waals surface area contributed by atoms with Crippen LogP contribution in [0.15, 0.2) is 40.0 Å². The molecule has 1 aromatic carbocycles. The van der Waals surface area contributed by atoms with E-state index in [0.717, 1.165) is 44.1 Å². The molecule has 0 fully saturated rings. The van der Waals surface area contributed by atoms with E-state index in [2.05, 4.69) is 69.0 Å². The number of nitrogens with one attached hydrogen (secondary N) is 3. The minimum atomic E-state index is 0.292. The van der Waals surface area contributed by atoms with Gasteiger partial charge in [-0.1, -0.05) is 37.2 Å². The number of guanidine groups is 1. The summed E-state index contributed by atoms with van der Waals surface area (Å²) in [6, 6.07) is 8.36. The summed E-state index contributed by atoms with van der Waals surface area (Å²) < 4.78 is 5.26. The number of aliphatic imine (C=N–C) groups is 1. The Morgan fingerprint density at radius 3 is 2.78 bits per heavy atom. The van der Waals surface area contributed by atoms with Crippen molar-refractivity contribution < 1.29 is 4.52 Å². The number of aryl methyl sites for hydroxylation is 1. The zero-order valence-electron chi connectivity index (χ0n) is 16.2. The highest BCUT2D eigenvalue weighted by Crippen LogP contribution is 2.17. The number of H-pyrrole nitrogens is 1. The molecule has 0 unspecified atom stereocenters. The Labute approximate surface area is 159 Å². The lowest BCUT2D eigenvalue weighted by Gasteiger charge is -2.11. The SMILES string of the molecule is CN=C(NCCCc1nc(C(C)C)no1)NCCc1c[nH]c2ccccc12. The van der Waals surface area contributed by atoms with Gasteiger partial charge in [-0.2, -0.15) is 4.98 Å². The Hall–Kier alpha value is -2.83. The first kappa shape index (κ1) is 18.9. The van der Waals surface area contributed by atoms with Gasteiger partial charge in [-0.3, -0.25) is 4.99 Å². The maximum atomic E-state index is 5.26. The smallest absolute Gasteiger partial charge is 0.226 e. The maximum absolute atomic E-state index is 5.26. The molecule has 0 spiro atoms. The molecule has 0 bridgehead atoms. The van der Waals surface area contributed by atoms with Gasteiger partial charge in [0, 0.05) is 49.6 Å². The lowest BCUT2D eigenvalue weighted by molar-refractivity contribution is 0.368. The highest BCUT2D eigenvalue weighted by molar-refractivity contribution is 5.83. The van der Waals surface area contributed by atoms with E-state index in [1.165, 1.54) is 16.5 Å². The van der Waals surface area contributed by atoms with Gasteiger partial charge in [0.25, 0.3) is 0 Å². The number of nitrogens with zero attached hydrogens (tertiary/aromatic N) is 3. The third-order valence-corrected chi connectivity index (χ3v) is 4.45. The molecule has 0 aliphatic heterocycles.